The number of hydrogen-bond donors (Lipinski definition) is 0. The van der Waals surface area contributed by atoms with Gasteiger partial charge in [0.1, 0.15) is 0 Å². The molecule has 0 aliphatic rings. The highest BCUT2D eigenvalue weighted by atomic mass is 15.1. The third kappa shape index (κ3) is 3.26. The van der Waals surface area contributed by atoms with Crippen LogP contribution in [0.15, 0.2) is 0 Å². The minimum atomic E-state index is 0.639. The predicted octanol–water partition coefficient (Wildman–Crippen LogP) is 2.16. The highest BCUT2D eigenvalue weighted by Crippen LogP contribution is 2.03. The molecule has 0 heterocycles. The van der Waals surface area contributed by atoms with Crippen molar-refractivity contribution < 1.29 is 0 Å². The van der Waals surface area contributed by atoms with E-state index in [0.717, 1.165) is 6.32 Å². The summed E-state index contributed by atoms with van der Waals surface area (Å²) in [5.74, 6) is 0. The molecule has 0 spiro atoms. The third-order valence-corrected chi connectivity index (χ3v) is 1.59. The maximum atomic E-state index is 2.39. The Morgan fingerprint density at radius 1 is 1.10 bits per heavy atom. The van der Waals surface area contributed by atoms with Crippen molar-refractivity contribution in [1.29, 1.82) is 0 Å². The maximum Gasteiger partial charge on any atom is 0.208 e. The summed E-state index contributed by atoms with van der Waals surface area (Å²) < 4.78 is 0. The SMILES string of the molecule is CC[B]N(C(C)C)C(C)C. The van der Waals surface area contributed by atoms with Gasteiger partial charge in [-0.15, -0.1) is 0 Å². The van der Waals surface area contributed by atoms with Gasteiger partial charge in [-0.2, -0.15) is 0 Å². The fraction of sp³-hybridized carbons (Fsp3) is 1.00. The molecular weight excluding hydrogens is 121 g/mol. The van der Waals surface area contributed by atoms with Gasteiger partial charge in [-0.3, -0.25) is 0 Å². The molecule has 0 unspecified atom stereocenters. The van der Waals surface area contributed by atoms with Crippen LogP contribution in [0.5, 0.6) is 0 Å². The molecule has 10 heavy (non-hydrogen) atoms. The molecule has 0 aromatic rings. The number of hydrogen-bond acceptors (Lipinski definition) is 1. The number of nitrogens with zero attached hydrogens (tertiary/aromatic N) is 1. The van der Waals surface area contributed by atoms with Crippen LogP contribution in [0, 0.1) is 0 Å². The van der Waals surface area contributed by atoms with Gasteiger partial charge in [0, 0.05) is 0 Å². The fourth-order valence-electron chi connectivity index (χ4n) is 1.23. The van der Waals surface area contributed by atoms with E-state index in [9.17, 15) is 0 Å². The van der Waals surface area contributed by atoms with Gasteiger partial charge in [0.05, 0.1) is 0 Å². The summed E-state index contributed by atoms with van der Waals surface area (Å²) in [4.78, 5) is 2.39. The molecule has 0 aliphatic heterocycles. The van der Waals surface area contributed by atoms with Crippen LogP contribution in [0.25, 0.3) is 0 Å². The topological polar surface area (TPSA) is 3.24 Å². The highest BCUT2D eigenvalue weighted by molar-refractivity contribution is 6.31. The average molecular weight is 140 g/mol. The van der Waals surface area contributed by atoms with Gasteiger partial charge in [0.15, 0.2) is 0 Å². The summed E-state index contributed by atoms with van der Waals surface area (Å²) >= 11 is 0. The van der Waals surface area contributed by atoms with Crippen LogP contribution < -0.4 is 0 Å². The first kappa shape index (κ1) is 10.0. The quantitative estimate of drug-likeness (QED) is 0.541. The lowest BCUT2D eigenvalue weighted by atomic mass is 9.84. The van der Waals surface area contributed by atoms with Crippen molar-refractivity contribution in [3.8, 4) is 0 Å². The second kappa shape index (κ2) is 4.78. The molecule has 0 rings (SSSR count). The van der Waals surface area contributed by atoms with Gasteiger partial charge in [-0.1, -0.05) is 40.9 Å². The van der Waals surface area contributed by atoms with E-state index in [4.69, 9.17) is 0 Å². The smallest absolute Gasteiger partial charge is 0.208 e. The van der Waals surface area contributed by atoms with Gasteiger partial charge in [-0.25, -0.2) is 0 Å². The first-order valence-corrected chi connectivity index (χ1v) is 4.20. The Balaban J connectivity index is 3.73. The Bertz CT molecular complexity index is 73.3. The lowest BCUT2D eigenvalue weighted by molar-refractivity contribution is 0.312. The van der Waals surface area contributed by atoms with E-state index in [1.165, 1.54) is 0 Å². The monoisotopic (exact) mass is 140 g/mol. The first-order valence-electron chi connectivity index (χ1n) is 4.20. The van der Waals surface area contributed by atoms with Crippen molar-refractivity contribution in [3.63, 3.8) is 0 Å². The number of rotatable bonds is 4. The van der Waals surface area contributed by atoms with Crippen molar-refractivity contribution in [2.24, 2.45) is 0 Å². The molecule has 0 amide bonds. The van der Waals surface area contributed by atoms with E-state index in [1.54, 1.807) is 0 Å². The molecule has 0 aromatic carbocycles. The van der Waals surface area contributed by atoms with Crippen LogP contribution in [0.1, 0.15) is 34.6 Å². The Labute approximate surface area is 66.1 Å². The Morgan fingerprint density at radius 3 is 1.60 bits per heavy atom. The standard InChI is InChI=1S/C8H19BN/c1-6-9-10(7(2)3)8(4)5/h7-8H,6H2,1-5H3. The van der Waals surface area contributed by atoms with E-state index in [1.807, 2.05) is 0 Å². The molecule has 0 atom stereocenters. The van der Waals surface area contributed by atoms with E-state index < -0.39 is 0 Å². The lowest BCUT2D eigenvalue weighted by Crippen LogP contribution is -2.39. The van der Waals surface area contributed by atoms with Crippen LogP contribution in [0.4, 0.5) is 0 Å². The van der Waals surface area contributed by atoms with Gasteiger partial charge >= 0.3 is 0 Å². The Hall–Kier alpha value is 0.0249. The van der Waals surface area contributed by atoms with E-state index in [0.29, 0.717) is 12.1 Å². The zero-order chi connectivity index (χ0) is 8.15. The molecule has 0 fully saturated rings. The Kier molecular flexibility index (Phi) is 4.79. The van der Waals surface area contributed by atoms with E-state index in [2.05, 4.69) is 46.8 Å². The molecular formula is C8H19BN. The van der Waals surface area contributed by atoms with E-state index >= 15 is 0 Å². The van der Waals surface area contributed by atoms with Crippen molar-refractivity contribution in [1.82, 2.24) is 4.81 Å². The second-order valence-corrected chi connectivity index (χ2v) is 3.23. The summed E-state index contributed by atoms with van der Waals surface area (Å²) in [6.07, 6.45) is 1.14. The van der Waals surface area contributed by atoms with Crippen molar-refractivity contribution in [3.05, 3.63) is 0 Å². The first-order chi connectivity index (χ1) is 4.59. The van der Waals surface area contributed by atoms with Crippen LogP contribution in [-0.4, -0.2) is 24.3 Å². The van der Waals surface area contributed by atoms with Gasteiger partial charge in [0.2, 0.25) is 7.41 Å². The lowest BCUT2D eigenvalue weighted by Gasteiger charge is -2.29. The molecule has 1 nitrogen and oxygen atoms in total. The zero-order valence-corrected chi connectivity index (χ0v) is 7.89. The molecule has 0 saturated carbocycles. The van der Waals surface area contributed by atoms with Gasteiger partial charge in [0.25, 0.3) is 0 Å². The average Bonchev–Trinajstić information content (AvgIpc) is 1.81. The minimum Gasteiger partial charge on any atom is -0.342 e. The second-order valence-electron chi connectivity index (χ2n) is 3.23. The minimum absolute atomic E-state index is 0.639. The maximum absolute atomic E-state index is 2.39. The molecule has 0 aromatic heterocycles. The predicted molar refractivity (Wildman–Crippen MR) is 48.3 cm³/mol. The summed E-state index contributed by atoms with van der Waals surface area (Å²) in [5.41, 5.74) is 0. The van der Waals surface area contributed by atoms with Crippen LogP contribution >= 0.6 is 0 Å². The van der Waals surface area contributed by atoms with Crippen molar-refractivity contribution in [2.75, 3.05) is 0 Å². The van der Waals surface area contributed by atoms with Gasteiger partial charge in [-0.05, 0) is 12.1 Å². The molecule has 1 radical (unpaired) electrons. The van der Waals surface area contributed by atoms with Crippen molar-refractivity contribution in [2.45, 2.75) is 53.0 Å². The normalized spacial score (nSPS) is 11.6. The molecule has 0 bridgehead atoms. The molecule has 0 N–H and O–H groups in total. The largest absolute Gasteiger partial charge is 0.342 e. The van der Waals surface area contributed by atoms with Crippen LogP contribution in [0.2, 0.25) is 6.32 Å². The third-order valence-electron chi connectivity index (χ3n) is 1.59. The highest BCUT2D eigenvalue weighted by Gasteiger charge is 2.11. The van der Waals surface area contributed by atoms with Gasteiger partial charge < -0.3 is 4.81 Å². The molecule has 0 aliphatic carbocycles. The summed E-state index contributed by atoms with van der Waals surface area (Å²) in [5, 5.41) is 0. The van der Waals surface area contributed by atoms with Crippen molar-refractivity contribution >= 4 is 7.41 Å². The van der Waals surface area contributed by atoms with Crippen LogP contribution in [0.3, 0.4) is 0 Å². The van der Waals surface area contributed by atoms with E-state index in [-0.39, 0.29) is 0 Å². The molecule has 2 heteroatoms. The summed E-state index contributed by atoms with van der Waals surface area (Å²) in [6, 6.07) is 1.28. The molecule has 0 saturated heterocycles. The summed E-state index contributed by atoms with van der Waals surface area (Å²) in [6.45, 7) is 11.1. The zero-order valence-electron chi connectivity index (χ0n) is 7.89. The Morgan fingerprint density at radius 2 is 1.50 bits per heavy atom. The van der Waals surface area contributed by atoms with Crippen LogP contribution in [-0.2, 0) is 0 Å². The summed E-state index contributed by atoms with van der Waals surface area (Å²) in [7, 11) is 2.27. The molecule has 59 valence electrons. The fourth-order valence-corrected chi connectivity index (χ4v) is 1.23.